The Morgan fingerprint density at radius 3 is 2.53 bits per heavy atom. The maximum absolute atomic E-state index is 6.25. The van der Waals surface area contributed by atoms with E-state index in [0.717, 1.165) is 24.7 Å². The third-order valence-corrected chi connectivity index (χ3v) is 6.28. The molecule has 1 aliphatic carbocycles. The summed E-state index contributed by atoms with van der Waals surface area (Å²) in [6, 6.07) is 4.03. The quantitative estimate of drug-likeness (QED) is 0.551. The molecule has 0 radical (unpaired) electrons. The first kappa shape index (κ1) is 14.0. The fourth-order valence-corrected chi connectivity index (χ4v) is 4.45. The van der Waals surface area contributed by atoms with E-state index in [4.69, 9.17) is 16.6 Å². The molecule has 0 N–H and O–H groups in total. The molecule has 0 amide bonds. The summed E-state index contributed by atoms with van der Waals surface area (Å²) in [5.74, 6) is 1.24. The Labute approximate surface area is 137 Å². The highest BCUT2D eigenvalue weighted by atomic mass is 79.9. The van der Waals surface area contributed by atoms with Crippen molar-refractivity contribution in [1.82, 2.24) is 9.97 Å². The molecular weight excluding hydrogens is 411 g/mol. The van der Waals surface area contributed by atoms with Crippen molar-refractivity contribution in [2.45, 2.75) is 31.6 Å². The molecule has 0 unspecified atom stereocenters. The van der Waals surface area contributed by atoms with Gasteiger partial charge in [0.05, 0.1) is 18.8 Å². The Kier molecular flexibility index (Phi) is 4.27. The molecule has 19 heavy (non-hydrogen) atoms. The number of hydrogen-bond acceptors (Lipinski definition) is 3. The highest BCUT2D eigenvalue weighted by Gasteiger charge is 2.24. The summed E-state index contributed by atoms with van der Waals surface area (Å²) < 4.78 is 1.94. The monoisotopic (exact) mass is 420 g/mol. The molecule has 2 nitrogen and oxygen atoms in total. The van der Waals surface area contributed by atoms with Gasteiger partial charge in [0.25, 0.3) is 0 Å². The van der Waals surface area contributed by atoms with Crippen molar-refractivity contribution < 1.29 is 0 Å². The predicted octanol–water partition coefficient (Wildman–Crippen LogP) is 6.04. The molecule has 3 rings (SSSR count). The second kappa shape index (κ2) is 5.80. The third-order valence-electron chi connectivity index (χ3n) is 3.37. The van der Waals surface area contributed by atoms with Crippen molar-refractivity contribution in [3.8, 4) is 10.7 Å². The van der Waals surface area contributed by atoms with Crippen LogP contribution in [0, 0.1) is 0 Å². The van der Waals surface area contributed by atoms with Crippen molar-refractivity contribution in [1.29, 1.82) is 0 Å². The molecule has 0 bridgehead atoms. The fraction of sp³-hybridized carbons (Fsp3) is 0.385. The highest BCUT2D eigenvalue weighted by molar-refractivity contribution is 9.11. The van der Waals surface area contributed by atoms with Gasteiger partial charge in [0.15, 0.2) is 5.82 Å². The minimum absolute atomic E-state index is 0.511. The third kappa shape index (κ3) is 2.89. The first-order valence-corrected chi connectivity index (χ1v) is 8.92. The van der Waals surface area contributed by atoms with Gasteiger partial charge in [-0.25, -0.2) is 9.97 Å². The number of rotatable bonds is 2. The lowest BCUT2D eigenvalue weighted by atomic mass is 10.0. The normalized spacial score (nSPS) is 16.2. The van der Waals surface area contributed by atoms with Crippen LogP contribution in [0.25, 0.3) is 10.7 Å². The summed E-state index contributed by atoms with van der Waals surface area (Å²) >= 11 is 14.9. The highest BCUT2D eigenvalue weighted by Crippen LogP contribution is 2.40. The first-order valence-electron chi connectivity index (χ1n) is 6.14. The molecular formula is C13H11Br2ClN2S. The molecule has 1 saturated carbocycles. The van der Waals surface area contributed by atoms with Crippen LogP contribution in [0.5, 0.6) is 0 Å². The summed E-state index contributed by atoms with van der Waals surface area (Å²) in [6.45, 7) is 0. The van der Waals surface area contributed by atoms with Crippen LogP contribution >= 0.6 is 54.8 Å². The second-order valence-electron chi connectivity index (χ2n) is 4.62. The van der Waals surface area contributed by atoms with E-state index in [2.05, 4.69) is 36.8 Å². The van der Waals surface area contributed by atoms with Crippen LogP contribution in [-0.4, -0.2) is 9.97 Å². The molecule has 2 aromatic rings. The van der Waals surface area contributed by atoms with Gasteiger partial charge < -0.3 is 0 Å². The minimum Gasteiger partial charge on any atom is -0.231 e. The SMILES string of the molecule is Clc1nc(-c2ccc(Br)s2)nc(C2CCCC2)c1Br. The number of hydrogen-bond donors (Lipinski definition) is 0. The molecule has 6 heteroatoms. The molecule has 1 fully saturated rings. The van der Waals surface area contributed by atoms with E-state index in [9.17, 15) is 0 Å². The van der Waals surface area contributed by atoms with Crippen LogP contribution in [-0.2, 0) is 0 Å². The Morgan fingerprint density at radius 2 is 1.89 bits per heavy atom. The summed E-state index contributed by atoms with van der Waals surface area (Å²) in [6.07, 6.45) is 4.94. The molecule has 100 valence electrons. The fourth-order valence-electron chi connectivity index (χ4n) is 2.45. The summed E-state index contributed by atoms with van der Waals surface area (Å²) in [4.78, 5) is 10.2. The van der Waals surface area contributed by atoms with Gasteiger partial charge in [0, 0.05) is 5.92 Å². The number of halogens is 3. The standard InChI is InChI=1S/C13H11Br2ClN2S/c14-9-6-5-8(19-9)13-17-11(7-3-1-2-4-7)10(15)12(16)18-13/h5-7H,1-4H2. The van der Waals surface area contributed by atoms with Crippen molar-refractivity contribution in [2.75, 3.05) is 0 Å². The number of aromatic nitrogens is 2. The Bertz CT molecular complexity index is 609. The average Bonchev–Trinajstić information content (AvgIpc) is 3.03. The summed E-state index contributed by atoms with van der Waals surface area (Å²) in [5.41, 5.74) is 1.07. The van der Waals surface area contributed by atoms with Crippen LogP contribution in [0.2, 0.25) is 5.15 Å². The average molecular weight is 423 g/mol. The minimum atomic E-state index is 0.511. The zero-order valence-electron chi connectivity index (χ0n) is 10.00. The van der Waals surface area contributed by atoms with Crippen molar-refractivity contribution in [2.24, 2.45) is 0 Å². The molecule has 0 saturated heterocycles. The Morgan fingerprint density at radius 1 is 1.16 bits per heavy atom. The molecule has 0 aromatic carbocycles. The lowest BCUT2D eigenvalue weighted by Gasteiger charge is -2.12. The smallest absolute Gasteiger partial charge is 0.171 e. The van der Waals surface area contributed by atoms with E-state index < -0.39 is 0 Å². The van der Waals surface area contributed by atoms with Crippen LogP contribution in [0.3, 0.4) is 0 Å². The molecule has 0 atom stereocenters. The number of thiophene rings is 1. The predicted molar refractivity (Wildman–Crippen MR) is 87.0 cm³/mol. The van der Waals surface area contributed by atoms with E-state index >= 15 is 0 Å². The first-order chi connectivity index (χ1) is 9.15. The van der Waals surface area contributed by atoms with Gasteiger partial charge in [-0.15, -0.1) is 11.3 Å². The zero-order chi connectivity index (χ0) is 13.4. The number of nitrogens with zero attached hydrogens (tertiary/aromatic N) is 2. The lowest BCUT2D eigenvalue weighted by Crippen LogP contribution is -2.02. The molecule has 2 heterocycles. The van der Waals surface area contributed by atoms with Gasteiger partial charge >= 0.3 is 0 Å². The van der Waals surface area contributed by atoms with Crippen molar-refractivity contribution in [3.63, 3.8) is 0 Å². The van der Waals surface area contributed by atoms with Crippen LogP contribution in [0.15, 0.2) is 20.4 Å². The second-order valence-corrected chi connectivity index (χ2v) is 8.24. The molecule has 0 spiro atoms. The largest absolute Gasteiger partial charge is 0.231 e. The van der Waals surface area contributed by atoms with E-state index in [1.54, 1.807) is 11.3 Å². The maximum atomic E-state index is 6.25. The van der Waals surface area contributed by atoms with Gasteiger partial charge in [-0.2, -0.15) is 0 Å². The van der Waals surface area contributed by atoms with E-state index in [0.29, 0.717) is 11.1 Å². The van der Waals surface area contributed by atoms with E-state index in [-0.39, 0.29) is 0 Å². The Balaban J connectivity index is 2.06. The van der Waals surface area contributed by atoms with Crippen molar-refractivity contribution >= 4 is 54.8 Å². The maximum Gasteiger partial charge on any atom is 0.171 e. The van der Waals surface area contributed by atoms with Gasteiger partial charge in [0.1, 0.15) is 5.15 Å². The van der Waals surface area contributed by atoms with Crippen molar-refractivity contribution in [3.05, 3.63) is 31.2 Å². The Hall–Kier alpha value is 0.0300. The van der Waals surface area contributed by atoms with Crippen LogP contribution in [0.1, 0.15) is 37.3 Å². The van der Waals surface area contributed by atoms with Crippen LogP contribution < -0.4 is 0 Å². The summed E-state index contributed by atoms with van der Waals surface area (Å²) in [7, 11) is 0. The molecule has 2 aromatic heterocycles. The van der Waals surface area contributed by atoms with Gasteiger partial charge in [-0.3, -0.25) is 0 Å². The van der Waals surface area contributed by atoms with Gasteiger partial charge in [0.2, 0.25) is 0 Å². The van der Waals surface area contributed by atoms with Crippen LogP contribution in [0.4, 0.5) is 0 Å². The van der Waals surface area contributed by atoms with Gasteiger partial charge in [-0.1, -0.05) is 24.4 Å². The summed E-state index contributed by atoms with van der Waals surface area (Å²) in [5, 5.41) is 0.511. The topological polar surface area (TPSA) is 25.8 Å². The lowest BCUT2D eigenvalue weighted by molar-refractivity contribution is 0.691. The molecule has 0 aliphatic heterocycles. The van der Waals surface area contributed by atoms with E-state index in [1.807, 2.05) is 12.1 Å². The van der Waals surface area contributed by atoms with Gasteiger partial charge in [-0.05, 0) is 56.8 Å². The zero-order valence-corrected chi connectivity index (χ0v) is 14.7. The molecule has 1 aliphatic rings. The van der Waals surface area contributed by atoms with E-state index in [1.165, 1.54) is 25.7 Å².